The number of likely N-dealkylation sites (tertiary alicyclic amines) is 1. The molecule has 1 aromatic heterocycles. The third kappa shape index (κ3) is 5.02. The molecule has 1 N–H and O–H groups in total. The first-order valence-corrected chi connectivity index (χ1v) is 9.50. The number of carbonyl (C=O) groups is 1. The molecule has 2 aromatic rings. The summed E-state index contributed by atoms with van der Waals surface area (Å²) in [5.41, 5.74) is 1.05. The molecule has 0 bridgehead atoms. The average molecular weight is 377 g/mol. The van der Waals surface area contributed by atoms with Gasteiger partial charge in [0, 0.05) is 29.9 Å². The van der Waals surface area contributed by atoms with Crippen LogP contribution in [0, 0.1) is 0 Å². The predicted molar refractivity (Wildman–Crippen MR) is 99.9 cm³/mol. The maximum Gasteiger partial charge on any atom is 0.220 e. The fraction of sp³-hybridized carbons (Fsp3) is 0.556. The molecule has 0 aliphatic carbocycles. The van der Waals surface area contributed by atoms with Crippen molar-refractivity contribution in [1.29, 1.82) is 0 Å². The monoisotopic (exact) mass is 376 g/mol. The molecule has 26 heavy (non-hydrogen) atoms. The lowest BCUT2D eigenvalue weighted by Gasteiger charge is -2.23. The number of aromatic nitrogens is 4. The molecular formula is C18H25ClN6O. The minimum atomic E-state index is -0.0124. The Bertz CT molecular complexity index is 690. The van der Waals surface area contributed by atoms with Gasteiger partial charge in [-0.05, 0) is 54.1 Å². The largest absolute Gasteiger partial charge is 0.355 e. The Morgan fingerprint density at radius 3 is 2.88 bits per heavy atom. The second-order valence-corrected chi connectivity index (χ2v) is 7.15. The molecule has 0 radical (unpaired) electrons. The van der Waals surface area contributed by atoms with Gasteiger partial charge >= 0.3 is 0 Å². The van der Waals surface area contributed by atoms with Crippen LogP contribution in [0.4, 0.5) is 0 Å². The smallest absolute Gasteiger partial charge is 0.220 e. The molecule has 0 spiro atoms. The molecule has 1 fully saturated rings. The van der Waals surface area contributed by atoms with E-state index in [9.17, 15) is 4.79 Å². The molecule has 1 saturated heterocycles. The van der Waals surface area contributed by atoms with Gasteiger partial charge in [-0.25, -0.2) is 4.68 Å². The van der Waals surface area contributed by atoms with Crippen molar-refractivity contribution in [3.8, 4) is 0 Å². The lowest BCUT2D eigenvalue weighted by Crippen LogP contribution is -2.40. The number of benzene rings is 1. The van der Waals surface area contributed by atoms with E-state index in [0.29, 0.717) is 30.6 Å². The van der Waals surface area contributed by atoms with Crippen molar-refractivity contribution in [2.24, 2.45) is 0 Å². The number of nitrogens with one attached hydrogen (secondary N) is 1. The van der Waals surface area contributed by atoms with Gasteiger partial charge in [0.25, 0.3) is 0 Å². The number of likely N-dealkylation sites (N-methyl/N-ethyl adjacent to an activating group) is 1. The topological polar surface area (TPSA) is 75.9 Å². The van der Waals surface area contributed by atoms with Crippen molar-refractivity contribution >= 4 is 17.5 Å². The van der Waals surface area contributed by atoms with Gasteiger partial charge in [-0.1, -0.05) is 30.7 Å². The second kappa shape index (κ2) is 9.09. The van der Waals surface area contributed by atoms with Crippen LogP contribution in [0.3, 0.4) is 0 Å². The van der Waals surface area contributed by atoms with E-state index in [-0.39, 0.29) is 11.8 Å². The van der Waals surface area contributed by atoms with Crippen LogP contribution < -0.4 is 5.32 Å². The van der Waals surface area contributed by atoms with Gasteiger partial charge in [-0.2, -0.15) is 0 Å². The number of halogens is 1. The molecule has 8 heteroatoms. The Hall–Kier alpha value is -1.99. The highest BCUT2D eigenvalue weighted by Crippen LogP contribution is 2.23. The standard InChI is InChI=1S/C18H25ClN6O/c1-2-24-9-3-4-17(24)11-20-18(26)10-15(12-25-13-21-22-23-25)14-5-7-16(19)8-6-14/h5-8,13,15,17H,2-4,9-12H2,1H3,(H,20,26)/t15-,17+/m1/s1. The van der Waals surface area contributed by atoms with E-state index in [1.54, 1.807) is 11.0 Å². The van der Waals surface area contributed by atoms with Crippen molar-refractivity contribution in [2.75, 3.05) is 19.6 Å². The number of tetrazole rings is 1. The van der Waals surface area contributed by atoms with Crippen molar-refractivity contribution < 1.29 is 4.79 Å². The maximum absolute atomic E-state index is 12.6. The molecule has 7 nitrogen and oxygen atoms in total. The lowest BCUT2D eigenvalue weighted by molar-refractivity contribution is -0.121. The minimum absolute atomic E-state index is 0.0124. The Labute approximate surface area is 158 Å². The third-order valence-corrected chi connectivity index (χ3v) is 5.26. The first kappa shape index (κ1) is 18.8. The maximum atomic E-state index is 12.6. The van der Waals surface area contributed by atoms with Crippen LogP contribution in [-0.2, 0) is 11.3 Å². The summed E-state index contributed by atoms with van der Waals surface area (Å²) in [6, 6.07) is 8.07. The Morgan fingerprint density at radius 1 is 1.38 bits per heavy atom. The van der Waals surface area contributed by atoms with Gasteiger partial charge in [-0.3, -0.25) is 9.69 Å². The number of amides is 1. The molecule has 0 saturated carbocycles. The van der Waals surface area contributed by atoms with E-state index >= 15 is 0 Å². The highest BCUT2D eigenvalue weighted by Gasteiger charge is 2.24. The zero-order valence-electron chi connectivity index (χ0n) is 15.0. The Morgan fingerprint density at radius 2 is 2.19 bits per heavy atom. The van der Waals surface area contributed by atoms with Crippen LogP contribution in [0.25, 0.3) is 0 Å². The van der Waals surface area contributed by atoms with Gasteiger partial charge in [0.15, 0.2) is 0 Å². The lowest BCUT2D eigenvalue weighted by atomic mass is 9.95. The molecule has 2 atom stereocenters. The SMILES string of the molecule is CCN1CCC[C@H]1CNC(=O)C[C@H](Cn1cnnn1)c1ccc(Cl)cc1. The van der Waals surface area contributed by atoms with Gasteiger partial charge in [0.1, 0.15) is 6.33 Å². The summed E-state index contributed by atoms with van der Waals surface area (Å²) in [7, 11) is 0. The minimum Gasteiger partial charge on any atom is -0.355 e. The summed E-state index contributed by atoms with van der Waals surface area (Å²) in [6.07, 6.45) is 4.32. The Balaban J connectivity index is 1.61. The number of carbonyl (C=O) groups excluding carboxylic acids is 1. The molecule has 1 aromatic carbocycles. The van der Waals surface area contributed by atoms with Crippen molar-refractivity contribution in [2.45, 2.75) is 44.7 Å². The molecule has 0 unspecified atom stereocenters. The second-order valence-electron chi connectivity index (χ2n) is 6.71. The number of hydrogen-bond donors (Lipinski definition) is 1. The number of nitrogens with zero attached hydrogens (tertiary/aromatic N) is 5. The number of hydrogen-bond acceptors (Lipinski definition) is 5. The highest BCUT2D eigenvalue weighted by atomic mass is 35.5. The fourth-order valence-electron chi connectivity index (χ4n) is 3.58. The van der Waals surface area contributed by atoms with Crippen LogP contribution in [-0.4, -0.2) is 56.7 Å². The summed E-state index contributed by atoms with van der Waals surface area (Å²) in [5, 5.41) is 15.1. The van der Waals surface area contributed by atoms with Gasteiger partial charge in [0.2, 0.25) is 5.91 Å². The first-order chi connectivity index (χ1) is 12.7. The van der Waals surface area contributed by atoms with Gasteiger partial charge < -0.3 is 5.32 Å². The Kier molecular flexibility index (Phi) is 6.57. The van der Waals surface area contributed by atoms with Crippen LogP contribution in [0.2, 0.25) is 5.02 Å². The summed E-state index contributed by atoms with van der Waals surface area (Å²) in [4.78, 5) is 15.0. The first-order valence-electron chi connectivity index (χ1n) is 9.12. The summed E-state index contributed by atoms with van der Waals surface area (Å²) in [6.45, 7) is 5.59. The van der Waals surface area contributed by atoms with Gasteiger partial charge in [-0.15, -0.1) is 5.10 Å². The molecular weight excluding hydrogens is 352 g/mol. The van der Waals surface area contributed by atoms with Crippen molar-refractivity contribution in [1.82, 2.24) is 30.4 Å². The summed E-state index contributed by atoms with van der Waals surface area (Å²) in [5.74, 6) is 0.0441. The fourth-order valence-corrected chi connectivity index (χ4v) is 3.71. The molecule has 2 heterocycles. The van der Waals surface area contributed by atoms with Gasteiger partial charge in [0.05, 0.1) is 6.54 Å². The summed E-state index contributed by atoms with van der Waals surface area (Å²) >= 11 is 5.99. The molecule has 3 rings (SSSR count). The number of rotatable bonds is 8. The average Bonchev–Trinajstić information content (AvgIpc) is 3.31. The van der Waals surface area contributed by atoms with E-state index in [1.165, 1.54) is 6.42 Å². The molecule has 140 valence electrons. The quantitative estimate of drug-likeness (QED) is 0.763. The predicted octanol–water partition coefficient (Wildman–Crippen LogP) is 2.10. The van der Waals surface area contributed by atoms with Crippen LogP contribution in [0.5, 0.6) is 0 Å². The van der Waals surface area contributed by atoms with Crippen LogP contribution in [0.1, 0.15) is 37.7 Å². The molecule has 1 aliphatic rings. The van der Waals surface area contributed by atoms with Crippen molar-refractivity contribution in [3.05, 3.63) is 41.2 Å². The zero-order chi connectivity index (χ0) is 18.4. The van der Waals surface area contributed by atoms with E-state index < -0.39 is 0 Å². The van der Waals surface area contributed by atoms with E-state index in [0.717, 1.165) is 25.1 Å². The molecule has 1 aliphatic heterocycles. The van der Waals surface area contributed by atoms with E-state index in [4.69, 9.17) is 11.6 Å². The zero-order valence-corrected chi connectivity index (χ0v) is 15.8. The van der Waals surface area contributed by atoms with Crippen LogP contribution in [0.15, 0.2) is 30.6 Å². The highest BCUT2D eigenvalue weighted by molar-refractivity contribution is 6.30. The van der Waals surface area contributed by atoms with Crippen LogP contribution >= 0.6 is 11.6 Å². The van der Waals surface area contributed by atoms with E-state index in [2.05, 4.69) is 32.7 Å². The normalized spacial score (nSPS) is 18.8. The van der Waals surface area contributed by atoms with Crippen molar-refractivity contribution in [3.63, 3.8) is 0 Å². The third-order valence-electron chi connectivity index (χ3n) is 5.01. The van der Waals surface area contributed by atoms with E-state index in [1.807, 2.05) is 24.3 Å². The molecule has 1 amide bonds. The summed E-state index contributed by atoms with van der Waals surface area (Å²) < 4.78 is 1.66.